The van der Waals surface area contributed by atoms with Crippen LogP contribution in [0.3, 0.4) is 0 Å². The van der Waals surface area contributed by atoms with Gasteiger partial charge in [0.2, 0.25) is 0 Å². The van der Waals surface area contributed by atoms with Gasteiger partial charge >= 0.3 is 0 Å². The molecule has 0 aliphatic carbocycles. The normalized spacial score (nSPS) is 22.3. The zero-order chi connectivity index (χ0) is 15.8. The first kappa shape index (κ1) is 16.8. The summed E-state index contributed by atoms with van der Waals surface area (Å²) in [5, 5.41) is 2.67. The smallest absolute Gasteiger partial charge is 0.262 e. The molecular formula is C12H12Cl3NO4S. The van der Waals surface area contributed by atoms with Crippen molar-refractivity contribution in [3.05, 3.63) is 27.7 Å². The molecule has 0 saturated carbocycles. The van der Waals surface area contributed by atoms with Gasteiger partial charge in [-0.05, 0) is 25.5 Å². The minimum atomic E-state index is -4.07. The molecule has 5 nitrogen and oxygen atoms in total. The van der Waals surface area contributed by atoms with Crippen LogP contribution in [0, 0.1) is 0 Å². The molecule has 1 amide bonds. The maximum Gasteiger partial charge on any atom is 0.262 e. The molecule has 1 heterocycles. The van der Waals surface area contributed by atoms with E-state index in [1.54, 1.807) is 0 Å². The first-order valence-electron chi connectivity index (χ1n) is 6.06. The standard InChI is InChI=1S/C12H12Cl3NO4S/c1-6-10(2-3-20-6)16-12(17)7-4-11(21(15,18)19)9(14)5-8(7)13/h4-6,10H,2-3H2,1H3,(H,16,17). The third-order valence-corrected chi connectivity index (χ3v) is 5.32. The van der Waals surface area contributed by atoms with Crippen molar-refractivity contribution in [1.82, 2.24) is 5.32 Å². The average molecular weight is 373 g/mol. The number of carbonyl (C=O) groups excluding carboxylic acids is 1. The van der Waals surface area contributed by atoms with Crippen molar-refractivity contribution in [1.29, 1.82) is 0 Å². The molecule has 2 atom stereocenters. The molecule has 0 radical (unpaired) electrons. The number of amides is 1. The van der Waals surface area contributed by atoms with Gasteiger partial charge in [-0.1, -0.05) is 23.2 Å². The number of benzene rings is 1. The van der Waals surface area contributed by atoms with Crippen LogP contribution in [-0.2, 0) is 13.8 Å². The van der Waals surface area contributed by atoms with Crippen molar-refractivity contribution in [2.24, 2.45) is 0 Å². The van der Waals surface area contributed by atoms with Crippen molar-refractivity contribution < 1.29 is 17.9 Å². The fourth-order valence-corrected chi connectivity index (χ4v) is 3.88. The summed E-state index contributed by atoms with van der Waals surface area (Å²) < 4.78 is 28.2. The molecule has 1 aromatic rings. The van der Waals surface area contributed by atoms with Crippen LogP contribution in [-0.4, -0.2) is 33.1 Å². The Balaban J connectivity index is 2.33. The maximum absolute atomic E-state index is 12.2. The van der Waals surface area contributed by atoms with Gasteiger partial charge in [0.25, 0.3) is 15.0 Å². The van der Waals surface area contributed by atoms with E-state index >= 15 is 0 Å². The zero-order valence-electron chi connectivity index (χ0n) is 10.9. The minimum absolute atomic E-state index is 0.000563. The molecule has 0 aromatic heterocycles. The van der Waals surface area contributed by atoms with Gasteiger partial charge in [-0.3, -0.25) is 4.79 Å². The highest BCUT2D eigenvalue weighted by Crippen LogP contribution is 2.31. The molecule has 116 valence electrons. The molecule has 0 spiro atoms. The number of halogens is 3. The molecule has 21 heavy (non-hydrogen) atoms. The Morgan fingerprint density at radius 1 is 1.33 bits per heavy atom. The van der Waals surface area contributed by atoms with Crippen LogP contribution in [0.1, 0.15) is 23.7 Å². The van der Waals surface area contributed by atoms with Crippen LogP contribution in [0.4, 0.5) is 0 Å². The van der Waals surface area contributed by atoms with Gasteiger partial charge in [-0.25, -0.2) is 8.42 Å². The summed E-state index contributed by atoms with van der Waals surface area (Å²) in [6.45, 7) is 2.40. The van der Waals surface area contributed by atoms with Crippen LogP contribution in [0.15, 0.2) is 17.0 Å². The van der Waals surface area contributed by atoms with Crippen molar-refractivity contribution in [3.8, 4) is 0 Å². The van der Waals surface area contributed by atoms with Gasteiger partial charge in [-0.15, -0.1) is 0 Å². The van der Waals surface area contributed by atoms with E-state index in [9.17, 15) is 13.2 Å². The highest BCUT2D eigenvalue weighted by atomic mass is 35.7. The second-order valence-corrected chi connectivity index (χ2v) is 7.99. The molecular weight excluding hydrogens is 361 g/mol. The third-order valence-electron chi connectivity index (χ3n) is 3.22. The molecule has 1 aliphatic heterocycles. The Morgan fingerprint density at radius 2 is 2.00 bits per heavy atom. The van der Waals surface area contributed by atoms with E-state index in [-0.39, 0.29) is 32.7 Å². The van der Waals surface area contributed by atoms with Crippen molar-refractivity contribution >= 4 is 48.8 Å². The molecule has 1 aromatic carbocycles. The summed E-state index contributed by atoms with van der Waals surface area (Å²) in [4.78, 5) is 11.9. The van der Waals surface area contributed by atoms with Crippen LogP contribution < -0.4 is 5.32 Å². The van der Waals surface area contributed by atoms with E-state index in [4.69, 9.17) is 38.6 Å². The summed E-state index contributed by atoms with van der Waals surface area (Å²) in [7, 11) is 1.21. The fourth-order valence-electron chi connectivity index (χ4n) is 2.06. The number of ether oxygens (including phenoxy) is 1. The Morgan fingerprint density at radius 3 is 2.52 bits per heavy atom. The molecule has 2 rings (SSSR count). The lowest BCUT2D eigenvalue weighted by Gasteiger charge is -2.17. The van der Waals surface area contributed by atoms with Crippen molar-refractivity contribution in [3.63, 3.8) is 0 Å². The first-order chi connectivity index (χ1) is 9.70. The third kappa shape index (κ3) is 3.81. The fraction of sp³-hybridized carbons (Fsp3) is 0.417. The Hall–Kier alpha value is -0.530. The van der Waals surface area contributed by atoms with E-state index in [2.05, 4.69) is 5.32 Å². The number of rotatable bonds is 3. The van der Waals surface area contributed by atoms with Gasteiger partial charge in [0.15, 0.2) is 0 Å². The van der Waals surface area contributed by atoms with Crippen molar-refractivity contribution in [2.45, 2.75) is 30.4 Å². The van der Waals surface area contributed by atoms with Gasteiger partial charge < -0.3 is 10.1 Å². The molecule has 0 bridgehead atoms. The zero-order valence-corrected chi connectivity index (χ0v) is 14.0. The predicted octanol–water partition coefficient (Wildman–Crippen LogP) is 2.83. The number of nitrogens with one attached hydrogen (secondary N) is 1. The average Bonchev–Trinajstić information content (AvgIpc) is 2.73. The predicted molar refractivity (Wildman–Crippen MR) is 80.8 cm³/mol. The number of carbonyl (C=O) groups is 1. The second kappa shape index (κ2) is 6.30. The Labute approximate surface area is 136 Å². The van der Waals surface area contributed by atoms with Crippen LogP contribution in [0.5, 0.6) is 0 Å². The van der Waals surface area contributed by atoms with E-state index in [1.807, 2.05) is 6.92 Å². The number of hydrogen-bond acceptors (Lipinski definition) is 4. The SMILES string of the molecule is CC1OCCC1NC(=O)c1cc(S(=O)(=O)Cl)c(Cl)cc1Cl. The van der Waals surface area contributed by atoms with Gasteiger partial charge in [0, 0.05) is 17.3 Å². The van der Waals surface area contributed by atoms with E-state index in [0.29, 0.717) is 13.0 Å². The van der Waals surface area contributed by atoms with Crippen molar-refractivity contribution in [2.75, 3.05) is 6.61 Å². The molecule has 9 heteroatoms. The minimum Gasteiger partial charge on any atom is -0.376 e. The van der Waals surface area contributed by atoms with Crippen LogP contribution in [0.25, 0.3) is 0 Å². The monoisotopic (exact) mass is 371 g/mol. The maximum atomic E-state index is 12.2. The summed E-state index contributed by atoms with van der Waals surface area (Å²) in [6, 6.07) is 2.10. The lowest BCUT2D eigenvalue weighted by molar-refractivity contribution is 0.0866. The summed E-state index contributed by atoms with van der Waals surface area (Å²) >= 11 is 11.7. The van der Waals surface area contributed by atoms with Gasteiger partial charge in [-0.2, -0.15) is 0 Å². The summed E-state index contributed by atoms with van der Waals surface area (Å²) in [6.07, 6.45) is 0.565. The second-order valence-electron chi connectivity index (χ2n) is 4.64. The molecule has 1 fully saturated rings. The highest BCUT2D eigenvalue weighted by Gasteiger charge is 2.28. The molecule has 1 saturated heterocycles. The summed E-state index contributed by atoms with van der Waals surface area (Å²) in [5.74, 6) is -0.499. The van der Waals surface area contributed by atoms with E-state index in [1.165, 1.54) is 6.07 Å². The first-order valence-corrected chi connectivity index (χ1v) is 9.13. The number of hydrogen-bond donors (Lipinski definition) is 1. The topological polar surface area (TPSA) is 72.5 Å². The van der Waals surface area contributed by atoms with Crippen LogP contribution in [0.2, 0.25) is 10.0 Å². The van der Waals surface area contributed by atoms with E-state index < -0.39 is 15.0 Å². The van der Waals surface area contributed by atoms with E-state index in [0.717, 1.165) is 6.07 Å². The van der Waals surface area contributed by atoms with Crippen LogP contribution >= 0.6 is 33.9 Å². The van der Waals surface area contributed by atoms with Gasteiger partial charge in [0.1, 0.15) is 4.90 Å². The Bertz CT molecular complexity index is 677. The molecule has 1 N–H and O–H groups in total. The molecule has 1 aliphatic rings. The molecule has 2 unspecified atom stereocenters. The quantitative estimate of drug-likeness (QED) is 0.828. The van der Waals surface area contributed by atoms with Gasteiger partial charge in [0.05, 0.1) is 27.8 Å². The highest BCUT2D eigenvalue weighted by molar-refractivity contribution is 8.13. The lowest BCUT2D eigenvalue weighted by atomic mass is 10.1. The summed E-state index contributed by atoms with van der Waals surface area (Å²) in [5.41, 5.74) is -0.000563. The Kier molecular flexibility index (Phi) is 5.05. The lowest BCUT2D eigenvalue weighted by Crippen LogP contribution is -2.39. The largest absolute Gasteiger partial charge is 0.376 e.